The Kier molecular flexibility index (Phi) is 8.32. The Labute approximate surface area is 246 Å². The van der Waals surface area contributed by atoms with Crippen LogP contribution in [0.1, 0.15) is 66.2 Å². The molecule has 5 fully saturated rings. The first-order valence-electron chi connectivity index (χ1n) is 15.0. The number of aromatic nitrogens is 1. The second-order valence-electron chi connectivity index (χ2n) is 12.0. The highest BCUT2D eigenvalue weighted by molar-refractivity contribution is 6.36. The van der Waals surface area contributed by atoms with Crippen LogP contribution in [-0.2, 0) is 16.0 Å². The van der Waals surface area contributed by atoms with Gasteiger partial charge in [0.1, 0.15) is 11.9 Å². The normalized spacial score (nSPS) is 26.1. The minimum absolute atomic E-state index is 0.0935. The van der Waals surface area contributed by atoms with Gasteiger partial charge in [0.15, 0.2) is 0 Å². The third kappa shape index (κ3) is 6.00. The number of hydrogen-bond acceptors (Lipinski definition) is 7. The number of piperidine rings is 1. The molecule has 10 heteroatoms. The standard InChI is InChI=1S/C31H41ClN4O5/c1-4-36(20-5-7-39-8-6-20)28-14-23(40-22-10-21(11-22)35-16-24-12-25(17-35)41-24)13-26(29(28)32)30(37)33-15-27-18(2)9-19(3)34-31(27)38/h9,13-14,20-22,24-25H,4-8,10-12,15-17H2,1-3H3,(H,33,37)(H,34,38)/t21-,22-,24?,25?. The van der Waals surface area contributed by atoms with Crippen molar-refractivity contribution in [3.63, 3.8) is 0 Å². The summed E-state index contributed by atoms with van der Waals surface area (Å²) in [4.78, 5) is 33.7. The molecule has 0 radical (unpaired) electrons. The number of anilines is 1. The molecule has 4 aliphatic heterocycles. The summed E-state index contributed by atoms with van der Waals surface area (Å²) < 4.78 is 17.9. The van der Waals surface area contributed by atoms with E-state index in [2.05, 4.69) is 27.0 Å². The van der Waals surface area contributed by atoms with Gasteiger partial charge in [-0.15, -0.1) is 0 Å². The molecular formula is C31H41ClN4O5. The van der Waals surface area contributed by atoms with E-state index >= 15 is 0 Å². The number of hydrogen-bond donors (Lipinski definition) is 2. The topological polar surface area (TPSA) is 96.1 Å². The van der Waals surface area contributed by atoms with Crippen LogP contribution in [0, 0.1) is 13.8 Å². The Morgan fingerprint density at radius 2 is 1.85 bits per heavy atom. The van der Waals surface area contributed by atoms with Gasteiger partial charge in [-0.1, -0.05) is 11.6 Å². The molecule has 41 heavy (non-hydrogen) atoms. The molecule has 2 aromatic rings. The lowest BCUT2D eigenvalue weighted by molar-refractivity contribution is -0.196. The van der Waals surface area contributed by atoms with E-state index in [0.29, 0.717) is 53.4 Å². The number of ether oxygens (including phenoxy) is 3. The average molecular weight is 585 g/mol. The van der Waals surface area contributed by atoms with E-state index in [0.717, 1.165) is 62.3 Å². The number of carbonyl (C=O) groups is 1. The molecule has 2 atom stereocenters. The summed E-state index contributed by atoms with van der Waals surface area (Å²) >= 11 is 6.98. The van der Waals surface area contributed by atoms with Gasteiger partial charge in [-0.2, -0.15) is 0 Å². The molecule has 2 bridgehead atoms. The van der Waals surface area contributed by atoms with Crippen molar-refractivity contribution >= 4 is 23.2 Å². The monoisotopic (exact) mass is 584 g/mol. The second kappa shape index (κ2) is 12.0. The van der Waals surface area contributed by atoms with Crippen molar-refractivity contribution in [2.24, 2.45) is 0 Å². The summed E-state index contributed by atoms with van der Waals surface area (Å²) in [5.41, 5.74) is 3.12. The molecule has 7 rings (SSSR count). The predicted octanol–water partition coefficient (Wildman–Crippen LogP) is 3.96. The first-order chi connectivity index (χ1) is 19.8. The highest BCUT2D eigenvalue weighted by Crippen LogP contribution is 2.40. The maximum Gasteiger partial charge on any atom is 0.253 e. The number of aryl methyl sites for hydroxylation is 2. The molecule has 9 nitrogen and oxygen atoms in total. The molecular weight excluding hydrogens is 544 g/mol. The van der Waals surface area contributed by atoms with Crippen LogP contribution in [0.15, 0.2) is 23.0 Å². The van der Waals surface area contributed by atoms with Crippen molar-refractivity contribution in [2.75, 3.05) is 37.7 Å². The summed E-state index contributed by atoms with van der Waals surface area (Å²) in [7, 11) is 0. The van der Waals surface area contributed by atoms with Crippen LogP contribution in [0.3, 0.4) is 0 Å². The van der Waals surface area contributed by atoms with Gasteiger partial charge in [0.25, 0.3) is 11.5 Å². The fourth-order valence-corrected chi connectivity index (χ4v) is 7.13. The van der Waals surface area contributed by atoms with Crippen LogP contribution >= 0.6 is 11.6 Å². The minimum atomic E-state index is -0.330. The number of H-pyrrole nitrogens is 1. The summed E-state index contributed by atoms with van der Waals surface area (Å²) in [5.74, 6) is 0.320. The van der Waals surface area contributed by atoms with Crippen LogP contribution in [0.2, 0.25) is 5.02 Å². The van der Waals surface area contributed by atoms with Crippen molar-refractivity contribution in [1.29, 1.82) is 0 Å². The summed E-state index contributed by atoms with van der Waals surface area (Å²) in [6.45, 7) is 10.1. The third-order valence-electron chi connectivity index (χ3n) is 9.15. The Balaban J connectivity index is 1.21. The molecule has 5 aliphatic rings. The molecule has 4 saturated heterocycles. The number of carbonyl (C=O) groups excluding carboxylic acids is 1. The lowest BCUT2D eigenvalue weighted by Crippen LogP contribution is -2.62. The molecule has 1 saturated carbocycles. The number of halogens is 1. The zero-order valence-electron chi connectivity index (χ0n) is 24.2. The van der Waals surface area contributed by atoms with E-state index < -0.39 is 0 Å². The maximum atomic E-state index is 13.6. The van der Waals surface area contributed by atoms with Gasteiger partial charge < -0.3 is 29.4 Å². The van der Waals surface area contributed by atoms with Crippen LogP contribution in [0.4, 0.5) is 5.69 Å². The second-order valence-corrected chi connectivity index (χ2v) is 12.4. The van der Waals surface area contributed by atoms with E-state index in [-0.39, 0.29) is 30.2 Å². The first-order valence-corrected chi connectivity index (χ1v) is 15.4. The number of fused-ring (bicyclic) bond motifs is 2. The SMILES string of the molecule is CCN(c1cc(O[C@H]2C[C@H](N3CC4CC(C3)O4)C2)cc(C(=O)NCc2c(C)cc(C)[nH]c2=O)c1Cl)C1CCOCC1. The van der Waals surface area contributed by atoms with Gasteiger partial charge in [-0.3, -0.25) is 14.5 Å². The molecule has 1 amide bonds. The fraction of sp³-hybridized carbons (Fsp3) is 0.613. The number of amides is 1. The van der Waals surface area contributed by atoms with Crippen LogP contribution in [0.25, 0.3) is 0 Å². The number of nitrogens with one attached hydrogen (secondary N) is 2. The Morgan fingerprint density at radius 1 is 1.15 bits per heavy atom. The summed E-state index contributed by atoms with van der Waals surface area (Å²) in [6.07, 6.45) is 5.82. The molecule has 0 spiro atoms. The quantitative estimate of drug-likeness (QED) is 0.460. The van der Waals surface area contributed by atoms with E-state index in [9.17, 15) is 9.59 Å². The largest absolute Gasteiger partial charge is 0.490 e. The molecule has 1 aromatic carbocycles. The Hall–Kier alpha value is -2.59. The lowest BCUT2D eigenvalue weighted by atomic mass is 9.85. The van der Waals surface area contributed by atoms with Gasteiger partial charge in [-0.05, 0) is 51.3 Å². The number of aromatic amines is 1. The van der Waals surface area contributed by atoms with E-state index in [1.54, 1.807) is 6.07 Å². The summed E-state index contributed by atoms with van der Waals surface area (Å²) in [6, 6.07) is 6.44. The van der Waals surface area contributed by atoms with Crippen molar-refractivity contribution in [2.45, 2.75) is 89.8 Å². The van der Waals surface area contributed by atoms with Gasteiger partial charge >= 0.3 is 0 Å². The smallest absolute Gasteiger partial charge is 0.253 e. The number of morpholine rings is 1. The number of rotatable bonds is 9. The van der Waals surface area contributed by atoms with Crippen molar-refractivity contribution < 1.29 is 19.0 Å². The van der Waals surface area contributed by atoms with Crippen LogP contribution < -0.4 is 20.5 Å². The first kappa shape index (κ1) is 28.5. The molecule has 222 valence electrons. The predicted molar refractivity (Wildman–Crippen MR) is 158 cm³/mol. The minimum Gasteiger partial charge on any atom is -0.490 e. The van der Waals surface area contributed by atoms with Crippen LogP contribution in [0.5, 0.6) is 5.75 Å². The number of benzene rings is 1. The van der Waals surface area contributed by atoms with Gasteiger partial charge in [0.05, 0.1) is 28.5 Å². The number of pyridine rings is 1. The van der Waals surface area contributed by atoms with Crippen molar-refractivity contribution in [3.8, 4) is 5.75 Å². The van der Waals surface area contributed by atoms with Crippen LogP contribution in [-0.4, -0.2) is 79.0 Å². The van der Waals surface area contributed by atoms with Crippen molar-refractivity contribution in [1.82, 2.24) is 15.2 Å². The zero-order chi connectivity index (χ0) is 28.7. The highest BCUT2D eigenvalue weighted by atomic mass is 35.5. The van der Waals surface area contributed by atoms with Gasteiger partial charge in [0, 0.05) is 88.1 Å². The Bertz CT molecular complexity index is 1320. The molecule has 1 aliphatic carbocycles. The Morgan fingerprint density at radius 3 is 2.51 bits per heavy atom. The molecule has 2 unspecified atom stereocenters. The van der Waals surface area contributed by atoms with Gasteiger partial charge in [0.2, 0.25) is 0 Å². The fourth-order valence-electron chi connectivity index (χ4n) is 6.82. The maximum absolute atomic E-state index is 13.6. The molecule has 1 aromatic heterocycles. The third-order valence-corrected chi connectivity index (χ3v) is 9.55. The lowest BCUT2D eigenvalue weighted by Gasteiger charge is -2.52. The van der Waals surface area contributed by atoms with E-state index in [1.165, 1.54) is 6.42 Å². The molecule has 5 heterocycles. The highest BCUT2D eigenvalue weighted by Gasteiger charge is 2.44. The summed E-state index contributed by atoms with van der Waals surface area (Å²) in [5, 5.41) is 3.33. The molecule has 2 N–H and O–H groups in total. The van der Waals surface area contributed by atoms with Crippen molar-refractivity contribution in [3.05, 3.63) is 56.0 Å². The van der Waals surface area contributed by atoms with E-state index in [4.69, 9.17) is 25.8 Å². The average Bonchev–Trinajstić information content (AvgIpc) is 2.91. The van der Waals surface area contributed by atoms with E-state index in [1.807, 2.05) is 26.0 Å². The van der Waals surface area contributed by atoms with Gasteiger partial charge in [-0.25, -0.2) is 0 Å². The zero-order valence-corrected chi connectivity index (χ0v) is 25.0. The number of nitrogens with zero attached hydrogens (tertiary/aromatic N) is 2.